The third-order valence-electron chi connectivity index (χ3n) is 4.99. The van der Waals surface area contributed by atoms with Crippen molar-refractivity contribution in [3.63, 3.8) is 0 Å². The van der Waals surface area contributed by atoms with E-state index in [-0.39, 0.29) is 17.9 Å². The smallest absolute Gasteiger partial charge is 0.315 e. The van der Waals surface area contributed by atoms with Crippen LogP contribution in [-0.2, 0) is 0 Å². The molecule has 0 radical (unpaired) electrons. The van der Waals surface area contributed by atoms with Crippen LogP contribution in [0.3, 0.4) is 0 Å². The number of thioether (sulfide) groups is 1. The van der Waals surface area contributed by atoms with E-state index in [1.165, 1.54) is 32.0 Å². The minimum absolute atomic E-state index is 0.102. The van der Waals surface area contributed by atoms with Crippen molar-refractivity contribution in [2.75, 3.05) is 31.9 Å². The summed E-state index contributed by atoms with van der Waals surface area (Å²) in [6.45, 7) is 6.38. The summed E-state index contributed by atoms with van der Waals surface area (Å²) in [5.74, 6) is 1.48. The molecule has 25 heavy (non-hydrogen) atoms. The highest BCUT2D eigenvalue weighted by Gasteiger charge is 2.23. The van der Waals surface area contributed by atoms with Crippen molar-refractivity contribution in [2.45, 2.75) is 43.5 Å². The SMILES string of the molecule is C[C@H]1CCCN(CCCNC(=O)N[C@H]2CCSc3ccc(F)cc32)C1. The Bertz CT molecular complexity index is 598. The number of carbonyl (C=O) groups excluding carboxylic acids is 1. The lowest BCUT2D eigenvalue weighted by Crippen LogP contribution is -2.41. The molecule has 0 spiro atoms. The molecular formula is C19H28FN3OS. The van der Waals surface area contributed by atoms with E-state index in [0.717, 1.165) is 41.5 Å². The summed E-state index contributed by atoms with van der Waals surface area (Å²) in [6, 6.07) is 4.58. The molecule has 138 valence electrons. The van der Waals surface area contributed by atoms with Crippen molar-refractivity contribution in [3.8, 4) is 0 Å². The van der Waals surface area contributed by atoms with Gasteiger partial charge in [0.05, 0.1) is 6.04 Å². The summed E-state index contributed by atoms with van der Waals surface area (Å²) in [6.07, 6.45) is 4.41. The van der Waals surface area contributed by atoms with Gasteiger partial charge in [0.15, 0.2) is 0 Å². The van der Waals surface area contributed by atoms with Gasteiger partial charge in [-0.2, -0.15) is 0 Å². The lowest BCUT2D eigenvalue weighted by Gasteiger charge is -2.30. The summed E-state index contributed by atoms with van der Waals surface area (Å²) in [7, 11) is 0. The number of urea groups is 1. The number of likely N-dealkylation sites (tertiary alicyclic amines) is 1. The van der Waals surface area contributed by atoms with Gasteiger partial charge >= 0.3 is 6.03 Å². The lowest BCUT2D eigenvalue weighted by molar-refractivity contribution is 0.181. The molecule has 6 heteroatoms. The van der Waals surface area contributed by atoms with Gasteiger partial charge < -0.3 is 15.5 Å². The van der Waals surface area contributed by atoms with Gasteiger partial charge in [-0.15, -0.1) is 11.8 Å². The highest BCUT2D eigenvalue weighted by molar-refractivity contribution is 7.99. The Morgan fingerprint density at radius 2 is 2.28 bits per heavy atom. The van der Waals surface area contributed by atoms with Crippen molar-refractivity contribution < 1.29 is 9.18 Å². The number of nitrogens with one attached hydrogen (secondary N) is 2. The second-order valence-electron chi connectivity index (χ2n) is 7.17. The fourth-order valence-electron chi connectivity index (χ4n) is 3.72. The predicted molar refractivity (Wildman–Crippen MR) is 100 cm³/mol. The number of hydrogen-bond donors (Lipinski definition) is 2. The largest absolute Gasteiger partial charge is 0.338 e. The van der Waals surface area contributed by atoms with Gasteiger partial charge in [0, 0.05) is 23.7 Å². The molecule has 2 amide bonds. The number of piperidine rings is 1. The molecule has 2 N–H and O–H groups in total. The average molecular weight is 366 g/mol. The van der Waals surface area contributed by atoms with E-state index in [9.17, 15) is 9.18 Å². The molecule has 4 nitrogen and oxygen atoms in total. The van der Waals surface area contributed by atoms with E-state index >= 15 is 0 Å². The normalized spacial score (nSPS) is 23.8. The van der Waals surface area contributed by atoms with Gasteiger partial charge in [-0.25, -0.2) is 9.18 Å². The Kier molecular flexibility index (Phi) is 6.59. The molecule has 0 aliphatic carbocycles. The van der Waals surface area contributed by atoms with E-state index in [4.69, 9.17) is 0 Å². The molecule has 2 aliphatic rings. The Hall–Kier alpha value is -1.27. The Labute approximate surface area is 153 Å². The minimum atomic E-state index is -0.246. The number of amides is 2. The molecule has 1 fully saturated rings. The quantitative estimate of drug-likeness (QED) is 0.781. The van der Waals surface area contributed by atoms with Crippen LogP contribution in [0.15, 0.2) is 23.1 Å². The van der Waals surface area contributed by atoms with Crippen molar-refractivity contribution in [3.05, 3.63) is 29.6 Å². The lowest BCUT2D eigenvalue weighted by atomic mass is 10.0. The van der Waals surface area contributed by atoms with E-state index in [1.807, 2.05) is 0 Å². The van der Waals surface area contributed by atoms with Gasteiger partial charge in [-0.1, -0.05) is 6.92 Å². The first kappa shape index (κ1) is 18.5. The molecular weight excluding hydrogens is 337 g/mol. The third-order valence-corrected chi connectivity index (χ3v) is 6.12. The van der Waals surface area contributed by atoms with Crippen LogP contribution in [0.4, 0.5) is 9.18 Å². The van der Waals surface area contributed by atoms with Crippen LogP contribution in [0.2, 0.25) is 0 Å². The molecule has 3 rings (SSSR count). The highest BCUT2D eigenvalue weighted by atomic mass is 32.2. The van der Waals surface area contributed by atoms with Gasteiger partial charge in [0.2, 0.25) is 0 Å². The van der Waals surface area contributed by atoms with Crippen LogP contribution in [0.1, 0.15) is 44.2 Å². The van der Waals surface area contributed by atoms with Crippen molar-refractivity contribution in [1.29, 1.82) is 0 Å². The molecule has 0 aromatic heterocycles. The summed E-state index contributed by atoms with van der Waals surface area (Å²) in [5, 5.41) is 5.95. The maximum atomic E-state index is 13.5. The van der Waals surface area contributed by atoms with Crippen molar-refractivity contribution in [1.82, 2.24) is 15.5 Å². The third kappa shape index (κ3) is 5.35. The van der Waals surface area contributed by atoms with Crippen molar-refractivity contribution in [2.24, 2.45) is 5.92 Å². The van der Waals surface area contributed by atoms with Gasteiger partial charge in [0.1, 0.15) is 5.82 Å². The number of benzene rings is 1. The number of halogens is 1. The van der Waals surface area contributed by atoms with Gasteiger partial charge in [-0.05, 0) is 68.5 Å². The van der Waals surface area contributed by atoms with E-state index in [2.05, 4.69) is 22.5 Å². The first-order valence-electron chi connectivity index (χ1n) is 9.31. The number of fused-ring (bicyclic) bond motifs is 1. The molecule has 2 heterocycles. The van der Waals surface area contributed by atoms with E-state index < -0.39 is 0 Å². The number of hydrogen-bond acceptors (Lipinski definition) is 3. The van der Waals surface area contributed by atoms with Crippen molar-refractivity contribution >= 4 is 17.8 Å². The molecule has 0 bridgehead atoms. The average Bonchev–Trinajstić information content (AvgIpc) is 2.59. The molecule has 2 aliphatic heterocycles. The number of carbonyl (C=O) groups is 1. The standard InChI is InChI=1S/C19H28FN3OS/c1-14-4-2-9-23(13-14)10-3-8-21-19(24)22-17-7-11-25-18-6-5-15(20)12-16(17)18/h5-6,12,14,17H,2-4,7-11,13H2,1H3,(H2,21,22,24)/t14-,17-/m0/s1. The Balaban J connectivity index is 1.41. The summed E-state index contributed by atoms with van der Waals surface area (Å²) in [4.78, 5) is 15.7. The van der Waals surface area contributed by atoms with Crippen LogP contribution in [0, 0.1) is 11.7 Å². The number of nitrogens with zero attached hydrogens (tertiary/aromatic N) is 1. The molecule has 0 unspecified atom stereocenters. The molecule has 0 saturated carbocycles. The second-order valence-corrected chi connectivity index (χ2v) is 8.31. The fraction of sp³-hybridized carbons (Fsp3) is 0.632. The summed E-state index contributed by atoms with van der Waals surface area (Å²) < 4.78 is 13.5. The molecule has 1 saturated heterocycles. The van der Waals surface area contributed by atoms with E-state index in [1.54, 1.807) is 23.9 Å². The first-order valence-corrected chi connectivity index (χ1v) is 10.3. The number of rotatable bonds is 5. The Morgan fingerprint density at radius 3 is 3.12 bits per heavy atom. The predicted octanol–water partition coefficient (Wildman–Crippen LogP) is 3.78. The first-order chi connectivity index (χ1) is 12.1. The fourth-order valence-corrected chi connectivity index (χ4v) is 4.82. The highest BCUT2D eigenvalue weighted by Crippen LogP contribution is 2.36. The Morgan fingerprint density at radius 1 is 1.40 bits per heavy atom. The summed E-state index contributed by atoms with van der Waals surface area (Å²) >= 11 is 1.72. The zero-order valence-corrected chi connectivity index (χ0v) is 15.7. The molecule has 1 aromatic carbocycles. The maximum absolute atomic E-state index is 13.5. The van der Waals surface area contributed by atoms with Crippen LogP contribution < -0.4 is 10.6 Å². The molecule has 2 atom stereocenters. The maximum Gasteiger partial charge on any atom is 0.315 e. The minimum Gasteiger partial charge on any atom is -0.338 e. The summed E-state index contributed by atoms with van der Waals surface area (Å²) in [5.41, 5.74) is 0.897. The van der Waals surface area contributed by atoms with Gasteiger partial charge in [0.25, 0.3) is 0 Å². The van der Waals surface area contributed by atoms with Crippen LogP contribution >= 0.6 is 11.8 Å². The van der Waals surface area contributed by atoms with Crippen LogP contribution in [-0.4, -0.2) is 42.9 Å². The zero-order valence-electron chi connectivity index (χ0n) is 14.9. The van der Waals surface area contributed by atoms with E-state index in [0.29, 0.717) is 6.54 Å². The monoisotopic (exact) mass is 365 g/mol. The van der Waals surface area contributed by atoms with Gasteiger partial charge in [-0.3, -0.25) is 0 Å². The zero-order chi connectivity index (χ0) is 17.6. The second kappa shape index (κ2) is 8.90. The molecule has 1 aromatic rings. The van der Waals surface area contributed by atoms with Crippen LogP contribution in [0.25, 0.3) is 0 Å². The van der Waals surface area contributed by atoms with Crippen LogP contribution in [0.5, 0.6) is 0 Å². The topological polar surface area (TPSA) is 44.4 Å².